The van der Waals surface area contributed by atoms with Crippen LogP contribution in [0.25, 0.3) is 0 Å². The Hall–Kier alpha value is -2.76. The summed E-state index contributed by atoms with van der Waals surface area (Å²) in [6, 6.07) is 7.72. The Kier molecular flexibility index (Phi) is 5.85. The summed E-state index contributed by atoms with van der Waals surface area (Å²) in [5.41, 5.74) is 8.51. The van der Waals surface area contributed by atoms with E-state index in [0.717, 1.165) is 34.9 Å². The Morgan fingerprint density at radius 1 is 1.08 bits per heavy atom. The second-order valence-corrected chi connectivity index (χ2v) is 6.05. The lowest BCUT2D eigenvalue weighted by Crippen LogP contribution is -2.46. The summed E-state index contributed by atoms with van der Waals surface area (Å²) in [6.07, 6.45) is 0.0162. The van der Waals surface area contributed by atoms with E-state index in [1.54, 1.807) is 0 Å². The average molecular weight is 346 g/mol. The standard InChI is InChI=1S/C19H20F2N2O2/c1-11-4-3-5-12(2)16(11)10-17(19(22)25)23-18(24)8-13-6-14(20)9-15(21)7-13/h3-7,9,17H,8,10H2,1-2H3,(H2,22,25)(H,23,24)/t17-/m1/s1. The molecule has 2 aromatic carbocycles. The highest BCUT2D eigenvalue weighted by Crippen LogP contribution is 2.16. The zero-order chi connectivity index (χ0) is 18.6. The zero-order valence-electron chi connectivity index (χ0n) is 14.1. The number of aryl methyl sites for hydroxylation is 2. The van der Waals surface area contributed by atoms with Crippen LogP contribution >= 0.6 is 0 Å². The van der Waals surface area contributed by atoms with Gasteiger partial charge in [-0.1, -0.05) is 18.2 Å². The molecule has 2 amide bonds. The first kappa shape index (κ1) is 18.6. The molecule has 0 unspecified atom stereocenters. The number of nitrogens with two attached hydrogens (primary N) is 1. The summed E-state index contributed by atoms with van der Waals surface area (Å²) in [7, 11) is 0. The number of rotatable bonds is 6. The molecule has 0 aliphatic carbocycles. The van der Waals surface area contributed by atoms with Crippen LogP contribution in [0.15, 0.2) is 36.4 Å². The van der Waals surface area contributed by atoms with Crippen LogP contribution in [-0.2, 0) is 22.4 Å². The van der Waals surface area contributed by atoms with Gasteiger partial charge < -0.3 is 11.1 Å². The Bertz CT molecular complexity index is 766. The maximum atomic E-state index is 13.2. The first-order valence-corrected chi connectivity index (χ1v) is 7.85. The van der Waals surface area contributed by atoms with Crippen LogP contribution in [0.2, 0.25) is 0 Å². The second-order valence-electron chi connectivity index (χ2n) is 6.05. The van der Waals surface area contributed by atoms with Crippen LogP contribution in [0, 0.1) is 25.5 Å². The first-order chi connectivity index (χ1) is 11.8. The van der Waals surface area contributed by atoms with Gasteiger partial charge in [0.1, 0.15) is 17.7 Å². The van der Waals surface area contributed by atoms with Crippen LogP contribution in [0.3, 0.4) is 0 Å². The predicted molar refractivity (Wildman–Crippen MR) is 90.8 cm³/mol. The monoisotopic (exact) mass is 346 g/mol. The third-order valence-electron chi connectivity index (χ3n) is 4.02. The predicted octanol–water partition coefficient (Wildman–Crippen LogP) is 2.34. The van der Waals surface area contributed by atoms with Crippen molar-refractivity contribution < 1.29 is 18.4 Å². The van der Waals surface area contributed by atoms with Crippen molar-refractivity contribution >= 4 is 11.8 Å². The second kappa shape index (κ2) is 7.88. The van der Waals surface area contributed by atoms with Gasteiger partial charge in [0.25, 0.3) is 0 Å². The van der Waals surface area contributed by atoms with Gasteiger partial charge >= 0.3 is 0 Å². The molecule has 2 rings (SSSR count). The summed E-state index contributed by atoms with van der Waals surface area (Å²) >= 11 is 0. The van der Waals surface area contributed by atoms with E-state index in [9.17, 15) is 18.4 Å². The molecule has 0 fully saturated rings. The molecule has 0 bridgehead atoms. The van der Waals surface area contributed by atoms with Crippen molar-refractivity contribution in [3.63, 3.8) is 0 Å². The number of hydrogen-bond acceptors (Lipinski definition) is 2. The quantitative estimate of drug-likeness (QED) is 0.843. The molecular formula is C19H20F2N2O2. The van der Waals surface area contributed by atoms with Gasteiger partial charge in [0.2, 0.25) is 11.8 Å². The summed E-state index contributed by atoms with van der Waals surface area (Å²) in [6.45, 7) is 3.83. The molecule has 132 valence electrons. The minimum atomic E-state index is -0.897. The molecule has 0 spiro atoms. The van der Waals surface area contributed by atoms with E-state index in [0.29, 0.717) is 0 Å². The highest BCUT2D eigenvalue weighted by atomic mass is 19.1. The Morgan fingerprint density at radius 2 is 1.64 bits per heavy atom. The van der Waals surface area contributed by atoms with Gasteiger partial charge in [-0.2, -0.15) is 0 Å². The molecular weight excluding hydrogens is 326 g/mol. The fourth-order valence-electron chi connectivity index (χ4n) is 2.74. The molecule has 1 atom stereocenters. The van der Waals surface area contributed by atoms with Crippen molar-refractivity contribution in [1.29, 1.82) is 0 Å². The van der Waals surface area contributed by atoms with Crippen molar-refractivity contribution in [2.45, 2.75) is 32.7 Å². The van der Waals surface area contributed by atoms with E-state index < -0.39 is 29.5 Å². The zero-order valence-corrected chi connectivity index (χ0v) is 14.1. The van der Waals surface area contributed by atoms with Gasteiger partial charge in [0.05, 0.1) is 6.42 Å². The molecule has 0 aliphatic heterocycles. The van der Waals surface area contributed by atoms with Crippen molar-refractivity contribution in [2.24, 2.45) is 5.73 Å². The number of carbonyl (C=O) groups excluding carboxylic acids is 2. The summed E-state index contributed by atoms with van der Waals surface area (Å²) in [4.78, 5) is 23.9. The molecule has 0 heterocycles. The Balaban J connectivity index is 2.11. The minimum Gasteiger partial charge on any atom is -0.368 e. The Labute approximate surface area is 145 Å². The maximum Gasteiger partial charge on any atom is 0.240 e. The normalized spacial score (nSPS) is 11.8. The van der Waals surface area contributed by atoms with E-state index in [-0.39, 0.29) is 18.4 Å². The number of amides is 2. The van der Waals surface area contributed by atoms with Crippen molar-refractivity contribution in [3.05, 3.63) is 70.3 Å². The smallest absolute Gasteiger partial charge is 0.240 e. The third-order valence-corrected chi connectivity index (χ3v) is 4.02. The highest BCUT2D eigenvalue weighted by Gasteiger charge is 2.20. The molecule has 0 aromatic heterocycles. The largest absolute Gasteiger partial charge is 0.368 e. The average Bonchev–Trinajstić information content (AvgIpc) is 2.48. The third kappa shape index (κ3) is 5.11. The van der Waals surface area contributed by atoms with Crippen molar-refractivity contribution in [1.82, 2.24) is 5.32 Å². The fraction of sp³-hybridized carbons (Fsp3) is 0.263. The number of carbonyl (C=O) groups is 2. The van der Waals surface area contributed by atoms with Crippen LogP contribution < -0.4 is 11.1 Å². The molecule has 0 radical (unpaired) electrons. The lowest BCUT2D eigenvalue weighted by atomic mass is 9.96. The summed E-state index contributed by atoms with van der Waals surface area (Å²) in [5, 5.41) is 2.55. The van der Waals surface area contributed by atoms with Crippen molar-refractivity contribution in [2.75, 3.05) is 0 Å². The molecule has 2 aromatic rings. The lowest BCUT2D eigenvalue weighted by molar-refractivity contribution is -0.127. The SMILES string of the molecule is Cc1cccc(C)c1C[C@@H](NC(=O)Cc1cc(F)cc(F)c1)C(N)=O. The summed E-state index contributed by atoms with van der Waals surface area (Å²) in [5.74, 6) is -2.71. The van der Waals surface area contributed by atoms with E-state index in [2.05, 4.69) is 5.32 Å². The van der Waals surface area contributed by atoms with Gasteiger partial charge in [-0.15, -0.1) is 0 Å². The molecule has 25 heavy (non-hydrogen) atoms. The topological polar surface area (TPSA) is 72.2 Å². The molecule has 0 saturated heterocycles. The minimum absolute atomic E-state index is 0.185. The molecule has 4 nitrogen and oxygen atoms in total. The van der Waals surface area contributed by atoms with Crippen molar-refractivity contribution in [3.8, 4) is 0 Å². The fourth-order valence-corrected chi connectivity index (χ4v) is 2.74. The maximum absolute atomic E-state index is 13.2. The number of halogens is 2. The highest BCUT2D eigenvalue weighted by molar-refractivity contribution is 5.87. The number of primary amides is 1. The van der Waals surface area contributed by atoms with Gasteiger partial charge in [-0.3, -0.25) is 9.59 Å². The molecule has 0 aliphatic rings. The summed E-state index contributed by atoms with van der Waals surface area (Å²) < 4.78 is 26.4. The first-order valence-electron chi connectivity index (χ1n) is 7.85. The number of nitrogens with one attached hydrogen (secondary N) is 1. The lowest BCUT2D eigenvalue weighted by Gasteiger charge is -2.18. The Morgan fingerprint density at radius 3 is 2.16 bits per heavy atom. The van der Waals surface area contributed by atoms with Crippen LogP contribution in [0.5, 0.6) is 0 Å². The van der Waals surface area contributed by atoms with Crippen LogP contribution in [0.4, 0.5) is 8.78 Å². The molecule has 6 heteroatoms. The number of benzene rings is 2. The molecule has 0 saturated carbocycles. The number of hydrogen-bond donors (Lipinski definition) is 2. The van der Waals surface area contributed by atoms with E-state index in [1.165, 1.54) is 0 Å². The van der Waals surface area contributed by atoms with E-state index in [4.69, 9.17) is 5.73 Å². The molecule has 3 N–H and O–H groups in total. The van der Waals surface area contributed by atoms with E-state index >= 15 is 0 Å². The van der Waals surface area contributed by atoms with Crippen LogP contribution in [-0.4, -0.2) is 17.9 Å². The van der Waals surface area contributed by atoms with Gasteiger partial charge in [-0.25, -0.2) is 8.78 Å². The van der Waals surface area contributed by atoms with E-state index in [1.807, 2.05) is 32.0 Å². The van der Waals surface area contributed by atoms with Gasteiger partial charge in [0.15, 0.2) is 0 Å². The van der Waals surface area contributed by atoms with Gasteiger partial charge in [0, 0.05) is 12.5 Å². The van der Waals surface area contributed by atoms with Crippen LogP contribution in [0.1, 0.15) is 22.3 Å². The van der Waals surface area contributed by atoms with Gasteiger partial charge in [-0.05, 0) is 48.2 Å².